The third-order valence-corrected chi connectivity index (χ3v) is 5.29. The van der Waals surface area contributed by atoms with Gasteiger partial charge in [0.15, 0.2) is 0 Å². The quantitative estimate of drug-likeness (QED) is 0.851. The van der Waals surface area contributed by atoms with Crippen molar-refractivity contribution in [1.82, 2.24) is 5.32 Å². The maximum absolute atomic E-state index is 9.39. The Morgan fingerprint density at radius 2 is 1.95 bits per heavy atom. The van der Waals surface area contributed by atoms with E-state index >= 15 is 0 Å². The summed E-state index contributed by atoms with van der Waals surface area (Å²) in [5.41, 5.74) is 1.28. The molecule has 1 aliphatic rings. The van der Waals surface area contributed by atoms with Gasteiger partial charge in [-0.25, -0.2) is 0 Å². The molecule has 106 valence electrons. The Morgan fingerprint density at radius 1 is 1.26 bits per heavy atom. The molecule has 3 atom stereocenters. The van der Waals surface area contributed by atoms with Crippen molar-refractivity contribution in [1.29, 1.82) is 0 Å². The van der Waals surface area contributed by atoms with E-state index in [-0.39, 0.29) is 0 Å². The Hall–Kier alpha value is -0.670. The normalized spacial score (nSPS) is 25.2. The third-order valence-electron chi connectivity index (χ3n) is 4.12. The van der Waals surface area contributed by atoms with Gasteiger partial charge in [-0.05, 0) is 43.2 Å². The van der Waals surface area contributed by atoms with E-state index in [9.17, 15) is 5.11 Å². The van der Waals surface area contributed by atoms with E-state index in [1.54, 1.807) is 12.1 Å². The number of phenols is 1. The van der Waals surface area contributed by atoms with Gasteiger partial charge in [-0.1, -0.05) is 31.9 Å². The highest BCUT2D eigenvalue weighted by atomic mass is 32.2. The fourth-order valence-corrected chi connectivity index (χ4v) is 3.93. The van der Waals surface area contributed by atoms with Crippen LogP contribution in [0.25, 0.3) is 0 Å². The van der Waals surface area contributed by atoms with Gasteiger partial charge in [0.1, 0.15) is 5.75 Å². The number of rotatable bonds is 5. The highest BCUT2D eigenvalue weighted by molar-refractivity contribution is 7.99. The number of phenolic OH excluding ortho intramolecular Hbond substituents is 1. The first-order valence-electron chi connectivity index (χ1n) is 7.32. The minimum absolute atomic E-state index is 0.346. The lowest BCUT2D eigenvalue weighted by molar-refractivity contribution is 0.343. The summed E-state index contributed by atoms with van der Waals surface area (Å²) in [6, 6.07) is 8.67. The van der Waals surface area contributed by atoms with Crippen LogP contribution in [0.1, 0.15) is 50.6 Å². The maximum atomic E-state index is 9.39. The molecule has 0 aromatic heterocycles. The minimum atomic E-state index is 0.346. The van der Waals surface area contributed by atoms with Crippen LogP contribution in [-0.2, 0) is 0 Å². The summed E-state index contributed by atoms with van der Waals surface area (Å²) in [5, 5.41) is 14.0. The van der Waals surface area contributed by atoms with E-state index in [1.807, 2.05) is 23.9 Å². The van der Waals surface area contributed by atoms with Gasteiger partial charge in [0, 0.05) is 17.3 Å². The second-order valence-corrected chi connectivity index (χ2v) is 6.46. The third kappa shape index (κ3) is 3.90. The molecule has 2 nitrogen and oxygen atoms in total. The first-order chi connectivity index (χ1) is 9.24. The molecule has 1 fully saturated rings. The lowest BCUT2D eigenvalue weighted by Crippen LogP contribution is -2.42. The van der Waals surface area contributed by atoms with Crippen LogP contribution in [-0.4, -0.2) is 22.7 Å². The van der Waals surface area contributed by atoms with Gasteiger partial charge in [0.25, 0.3) is 0 Å². The molecule has 2 N–H and O–H groups in total. The zero-order chi connectivity index (χ0) is 13.7. The van der Waals surface area contributed by atoms with Crippen LogP contribution in [0.15, 0.2) is 24.3 Å². The van der Waals surface area contributed by atoms with Crippen LogP contribution in [0, 0.1) is 0 Å². The summed E-state index contributed by atoms with van der Waals surface area (Å²) in [7, 11) is 0. The van der Waals surface area contributed by atoms with Crippen molar-refractivity contribution in [2.45, 2.75) is 56.4 Å². The van der Waals surface area contributed by atoms with Crippen molar-refractivity contribution in [3.8, 4) is 5.75 Å². The summed E-state index contributed by atoms with van der Waals surface area (Å²) in [6.07, 6.45) is 8.67. The smallest absolute Gasteiger partial charge is 0.115 e. The molecule has 1 aliphatic carbocycles. The number of benzene rings is 1. The predicted octanol–water partition coefficient (Wildman–Crippen LogP) is 4.11. The topological polar surface area (TPSA) is 32.3 Å². The monoisotopic (exact) mass is 279 g/mol. The summed E-state index contributed by atoms with van der Waals surface area (Å²) in [4.78, 5) is 0. The van der Waals surface area contributed by atoms with Crippen molar-refractivity contribution in [2.24, 2.45) is 0 Å². The summed E-state index contributed by atoms with van der Waals surface area (Å²) in [6.45, 7) is 2.22. The summed E-state index contributed by atoms with van der Waals surface area (Å²) in [5.74, 6) is 0.346. The van der Waals surface area contributed by atoms with Crippen molar-refractivity contribution in [3.05, 3.63) is 29.8 Å². The average molecular weight is 279 g/mol. The molecule has 0 radical (unpaired) electrons. The number of nitrogens with one attached hydrogen (secondary N) is 1. The standard InChI is InChI=1S/C16H25NOS/c1-3-14(12-8-10-13(18)11-9-12)17-15-6-4-5-7-16(15)19-2/h8-11,14-18H,3-7H2,1-2H3. The molecule has 0 spiro atoms. The molecule has 1 saturated carbocycles. The first-order valence-corrected chi connectivity index (χ1v) is 8.61. The van der Waals surface area contributed by atoms with E-state index in [4.69, 9.17) is 0 Å². The molecular weight excluding hydrogens is 254 g/mol. The van der Waals surface area contributed by atoms with Gasteiger partial charge in [0.05, 0.1) is 0 Å². The Balaban J connectivity index is 2.03. The van der Waals surface area contributed by atoms with Crippen molar-refractivity contribution >= 4 is 11.8 Å². The van der Waals surface area contributed by atoms with E-state index in [0.29, 0.717) is 17.8 Å². The predicted molar refractivity (Wildman–Crippen MR) is 83.8 cm³/mol. The number of hydrogen-bond donors (Lipinski definition) is 2. The first kappa shape index (κ1) is 14.7. The molecule has 0 saturated heterocycles. The zero-order valence-electron chi connectivity index (χ0n) is 11.9. The largest absolute Gasteiger partial charge is 0.508 e. The molecule has 19 heavy (non-hydrogen) atoms. The van der Waals surface area contributed by atoms with Crippen LogP contribution in [0.5, 0.6) is 5.75 Å². The fraction of sp³-hybridized carbons (Fsp3) is 0.625. The van der Waals surface area contributed by atoms with Crippen molar-refractivity contribution in [3.63, 3.8) is 0 Å². The molecule has 1 aromatic carbocycles. The molecule has 0 amide bonds. The number of hydrogen-bond acceptors (Lipinski definition) is 3. The molecule has 3 heteroatoms. The molecule has 0 heterocycles. The minimum Gasteiger partial charge on any atom is -0.508 e. The Labute approximate surface area is 121 Å². The Bertz CT molecular complexity index is 379. The van der Waals surface area contributed by atoms with Gasteiger partial charge in [0.2, 0.25) is 0 Å². The summed E-state index contributed by atoms with van der Waals surface area (Å²) < 4.78 is 0. The van der Waals surface area contributed by atoms with Crippen LogP contribution in [0.3, 0.4) is 0 Å². The van der Waals surface area contributed by atoms with E-state index in [2.05, 4.69) is 18.5 Å². The van der Waals surface area contributed by atoms with Crippen LogP contribution < -0.4 is 5.32 Å². The Morgan fingerprint density at radius 3 is 2.58 bits per heavy atom. The van der Waals surface area contributed by atoms with Gasteiger partial charge in [-0.15, -0.1) is 0 Å². The second-order valence-electron chi connectivity index (χ2n) is 5.38. The number of thioether (sulfide) groups is 1. The lowest BCUT2D eigenvalue weighted by atomic mass is 9.93. The molecular formula is C16H25NOS. The second kappa shape index (κ2) is 7.20. The van der Waals surface area contributed by atoms with Gasteiger partial charge in [-0.2, -0.15) is 11.8 Å². The average Bonchev–Trinajstić information content (AvgIpc) is 2.46. The van der Waals surface area contributed by atoms with E-state index in [1.165, 1.54) is 31.2 Å². The van der Waals surface area contributed by atoms with E-state index in [0.717, 1.165) is 11.7 Å². The Kier molecular flexibility index (Phi) is 5.59. The van der Waals surface area contributed by atoms with Crippen molar-refractivity contribution in [2.75, 3.05) is 6.26 Å². The van der Waals surface area contributed by atoms with Crippen LogP contribution >= 0.6 is 11.8 Å². The zero-order valence-corrected chi connectivity index (χ0v) is 12.7. The van der Waals surface area contributed by atoms with Crippen LogP contribution in [0.4, 0.5) is 0 Å². The van der Waals surface area contributed by atoms with Gasteiger partial charge >= 0.3 is 0 Å². The van der Waals surface area contributed by atoms with Crippen LogP contribution in [0.2, 0.25) is 0 Å². The molecule has 3 unspecified atom stereocenters. The van der Waals surface area contributed by atoms with Crippen molar-refractivity contribution < 1.29 is 5.11 Å². The highest BCUT2D eigenvalue weighted by Gasteiger charge is 2.26. The summed E-state index contributed by atoms with van der Waals surface area (Å²) >= 11 is 2.00. The van der Waals surface area contributed by atoms with Gasteiger partial charge < -0.3 is 10.4 Å². The highest BCUT2D eigenvalue weighted by Crippen LogP contribution is 2.30. The molecule has 1 aromatic rings. The van der Waals surface area contributed by atoms with E-state index < -0.39 is 0 Å². The van der Waals surface area contributed by atoms with Gasteiger partial charge in [-0.3, -0.25) is 0 Å². The molecule has 0 bridgehead atoms. The lowest BCUT2D eigenvalue weighted by Gasteiger charge is -2.34. The maximum Gasteiger partial charge on any atom is 0.115 e. The molecule has 2 rings (SSSR count). The number of aromatic hydroxyl groups is 1. The SMILES string of the molecule is CCC(NC1CCCCC1SC)c1ccc(O)cc1. The fourth-order valence-electron chi connectivity index (χ4n) is 2.98. The molecule has 0 aliphatic heterocycles.